The van der Waals surface area contributed by atoms with Crippen LogP contribution in [0.5, 0.6) is 5.75 Å². The Morgan fingerprint density at radius 1 is 1.36 bits per heavy atom. The molecule has 0 aliphatic carbocycles. The number of carbonyl (C=O) groups is 1. The van der Waals surface area contributed by atoms with Gasteiger partial charge < -0.3 is 25.4 Å². The maximum absolute atomic E-state index is 12.3. The molecule has 0 radical (unpaired) electrons. The molecule has 8 nitrogen and oxygen atoms in total. The molecule has 1 amide bonds. The highest BCUT2D eigenvalue weighted by atomic mass is 32.2. The number of benzene rings is 1. The van der Waals surface area contributed by atoms with Gasteiger partial charge in [-0.15, -0.1) is 0 Å². The maximum Gasteiger partial charge on any atom is 0.410 e. The van der Waals surface area contributed by atoms with Gasteiger partial charge in [-0.1, -0.05) is 0 Å². The second-order valence-electron chi connectivity index (χ2n) is 7.33. The summed E-state index contributed by atoms with van der Waals surface area (Å²) in [5.74, 6) is 0.716. The summed E-state index contributed by atoms with van der Waals surface area (Å²) in [5, 5.41) is 8.67. The topological polar surface area (TPSA) is 115 Å². The van der Waals surface area contributed by atoms with Gasteiger partial charge in [0.05, 0.1) is 6.54 Å². The molecule has 0 bridgehead atoms. The molecule has 1 fully saturated rings. The molecule has 1 aliphatic heterocycles. The fourth-order valence-electron chi connectivity index (χ4n) is 2.61. The molecular formula is C18H27N5O3S2. The molecule has 5 N–H and O–H groups in total. The number of nitrogens with two attached hydrogens (primary N) is 2. The Morgan fingerprint density at radius 3 is 2.64 bits per heavy atom. The third-order valence-electron chi connectivity index (χ3n) is 3.77. The van der Waals surface area contributed by atoms with Crippen LogP contribution >= 0.6 is 24.2 Å². The van der Waals surface area contributed by atoms with Crippen LogP contribution in [0.15, 0.2) is 29.3 Å². The summed E-state index contributed by atoms with van der Waals surface area (Å²) in [5.41, 5.74) is 5.78. The van der Waals surface area contributed by atoms with E-state index < -0.39 is 5.60 Å². The van der Waals surface area contributed by atoms with Crippen molar-refractivity contribution in [3.8, 4) is 5.75 Å². The Kier molecular flexibility index (Phi) is 7.90. The van der Waals surface area contributed by atoms with Crippen molar-refractivity contribution in [1.29, 1.82) is 0 Å². The van der Waals surface area contributed by atoms with Gasteiger partial charge in [0.1, 0.15) is 17.5 Å². The highest BCUT2D eigenvalue weighted by molar-refractivity contribution is 8.11. The summed E-state index contributed by atoms with van der Waals surface area (Å²) in [6.45, 7) is 6.76. The Labute approximate surface area is 175 Å². The highest BCUT2D eigenvalue weighted by Crippen LogP contribution is 2.22. The fraction of sp³-hybridized carbons (Fsp3) is 0.500. The first-order valence-electron chi connectivity index (χ1n) is 8.93. The second kappa shape index (κ2) is 9.94. The largest absolute Gasteiger partial charge is 0.489 e. The van der Waals surface area contributed by atoms with Crippen molar-refractivity contribution in [1.82, 2.24) is 4.90 Å². The number of amidine groups is 1. The van der Waals surface area contributed by atoms with Gasteiger partial charge in [-0.3, -0.25) is 5.14 Å². The van der Waals surface area contributed by atoms with E-state index in [9.17, 15) is 4.79 Å². The van der Waals surface area contributed by atoms with Gasteiger partial charge in [0.2, 0.25) is 0 Å². The number of nitrogens with one attached hydrogen (secondary N) is 1. The first-order chi connectivity index (χ1) is 13.2. The third-order valence-corrected chi connectivity index (χ3v) is 4.30. The van der Waals surface area contributed by atoms with Crippen LogP contribution in [-0.4, -0.2) is 46.1 Å². The molecule has 1 atom stereocenters. The molecule has 1 unspecified atom stereocenters. The molecule has 1 aromatic rings. The molecule has 1 saturated heterocycles. The number of hydrogen-bond acceptors (Lipinski definition) is 6. The van der Waals surface area contributed by atoms with Crippen molar-refractivity contribution in [2.24, 2.45) is 15.9 Å². The van der Waals surface area contributed by atoms with Crippen molar-refractivity contribution >= 4 is 46.2 Å². The number of piperidine rings is 1. The van der Waals surface area contributed by atoms with E-state index in [2.05, 4.69) is 10.3 Å². The van der Waals surface area contributed by atoms with E-state index in [1.54, 1.807) is 4.90 Å². The molecule has 0 aromatic heterocycles. The van der Waals surface area contributed by atoms with Gasteiger partial charge in [0.15, 0.2) is 10.3 Å². The van der Waals surface area contributed by atoms with Gasteiger partial charge in [0, 0.05) is 12.2 Å². The molecule has 1 aliphatic rings. The molecular weight excluding hydrogens is 398 g/mol. The Balaban J connectivity index is 1.89. The Morgan fingerprint density at radius 2 is 2.04 bits per heavy atom. The van der Waals surface area contributed by atoms with Gasteiger partial charge in [-0.05, 0) is 82.0 Å². The monoisotopic (exact) mass is 425 g/mol. The summed E-state index contributed by atoms with van der Waals surface area (Å²) in [6, 6.07) is 7.33. The molecule has 154 valence electrons. The van der Waals surface area contributed by atoms with E-state index in [-0.39, 0.29) is 22.5 Å². The highest BCUT2D eigenvalue weighted by Gasteiger charge is 2.28. The lowest BCUT2D eigenvalue weighted by atomic mass is 10.1. The average molecular weight is 426 g/mol. The van der Waals surface area contributed by atoms with Crippen LogP contribution < -0.4 is 20.9 Å². The lowest BCUT2D eigenvalue weighted by Crippen LogP contribution is -2.46. The lowest BCUT2D eigenvalue weighted by Gasteiger charge is -2.34. The number of likely N-dealkylation sites (tertiary alicyclic amines) is 1. The number of carbonyl (C=O) groups excluding carboxylic acids is 1. The molecule has 1 aromatic carbocycles. The van der Waals surface area contributed by atoms with Crippen molar-refractivity contribution in [2.75, 3.05) is 18.4 Å². The number of hydrogen-bond donors (Lipinski definition) is 3. The van der Waals surface area contributed by atoms with E-state index in [1.807, 2.05) is 45.0 Å². The molecule has 0 saturated carbocycles. The minimum absolute atomic E-state index is 0.0767. The zero-order valence-corrected chi connectivity index (χ0v) is 17.9. The smallest absolute Gasteiger partial charge is 0.410 e. The first kappa shape index (κ1) is 22.3. The van der Waals surface area contributed by atoms with Gasteiger partial charge in [0.25, 0.3) is 0 Å². The van der Waals surface area contributed by atoms with E-state index in [0.717, 1.165) is 30.5 Å². The number of amides is 1. The maximum atomic E-state index is 12.3. The van der Waals surface area contributed by atoms with Crippen LogP contribution in [0.3, 0.4) is 0 Å². The first-order valence-corrected chi connectivity index (χ1v) is 10.2. The third kappa shape index (κ3) is 7.53. The van der Waals surface area contributed by atoms with Crippen LogP contribution in [0.4, 0.5) is 10.5 Å². The summed E-state index contributed by atoms with van der Waals surface area (Å²) < 4.78 is 11.5. The minimum atomic E-state index is -0.508. The SMILES string of the molecule is CC(C)(C)OC(=O)N1CCCC(Oc2ccc(NC(=S)/N=C(\N)SN)cc2)C1. The fourth-order valence-corrected chi connectivity index (χ4v) is 3.03. The van der Waals surface area contributed by atoms with Crippen LogP contribution in [0.25, 0.3) is 0 Å². The normalized spacial score (nSPS) is 17.8. The van der Waals surface area contributed by atoms with Gasteiger partial charge in [-0.2, -0.15) is 4.99 Å². The number of rotatable bonds is 3. The molecule has 2 rings (SSSR count). The number of thiocarbonyl (C=S) groups is 1. The van der Waals surface area contributed by atoms with Gasteiger partial charge in [-0.25, -0.2) is 4.79 Å². The number of anilines is 1. The van der Waals surface area contributed by atoms with E-state index >= 15 is 0 Å². The quantitative estimate of drug-likeness (QED) is 0.293. The van der Waals surface area contributed by atoms with Crippen LogP contribution in [-0.2, 0) is 4.74 Å². The molecule has 10 heteroatoms. The van der Waals surface area contributed by atoms with Gasteiger partial charge >= 0.3 is 6.09 Å². The summed E-state index contributed by atoms with van der Waals surface area (Å²) in [6.07, 6.45) is 1.38. The number of nitrogens with zero attached hydrogens (tertiary/aromatic N) is 2. The van der Waals surface area contributed by atoms with Crippen molar-refractivity contribution in [3.05, 3.63) is 24.3 Å². The predicted octanol–water partition coefficient (Wildman–Crippen LogP) is 3.08. The van der Waals surface area contributed by atoms with Crippen LogP contribution in [0, 0.1) is 0 Å². The summed E-state index contributed by atoms with van der Waals surface area (Å²) in [4.78, 5) is 17.9. The minimum Gasteiger partial charge on any atom is -0.489 e. The zero-order valence-electron chi connectivity index (χ0n) is 16.3. The van der Waals surface area contributed by atoms with Crippen molar-refractivity contribution in [2.45, 2.75) is 45.3 Å². The van der Waals surface area contributed by atoms with Crippen LogP contribution in [0.2, 0.25) is 0 Å². The van der Waals surface area contributed by atoms with Crippen molar-refractivity contribution in [3.63, 3.8) is 0 Å². The zero-order chi connectivity index (χ0) is 20.7. The number of ether oxygens (including phenoxy) is 2. The second-order valence-corrected chi connectivity index (χ2v) is 8.37. The standard InChI is InChI=1S/C18H27N5O3S2/c1-18(2,3)26-17(24)23-10-4-5-14(11-23)25-13-8-6-12(7-9-13)21-16(27)22-15(19)28-20/h6-9,14H,4-5,10-11,20H2,1-3H3,(H3,19,21,22,27). The number of aliphatic imine (C=N–C) groups is 1. The summed E-state index contributed by atoms with van der Waals surface area (Å²) in [7, 11) is 0. The molecule has 1 heterocycles. The summed E-state index contributed by atoms with van der Waals surface area (Å²) >= 11 is 5.92. The van der Waals surface area contributed by atoms with Crippen molar-refractivity contribution < 1.29 is 14.3 Å². The average Bonchev–Trinajstić information content (AvgIpc) is 2.62. The molecule has 0 spiro atoms. The molecule has 28 heavy (non-hydrogen) atoms. The lowest BCUT2D eigenvalue weighted by molar-refractivity contribution is 0.00776. The Hall–Kier alpha value is -2.04. The van der Waals surface area contributed by atoms with Crippen LogP contribution in [0.1, 0.15) is 33.6 Å². The van der Waals surface area contributed by atoms with E-state index in [4.69, 9.17) is 32.6 Å². The van der Waals surface area contributed by atoms with E-state index in [0.29, 0.717) is 18.8 Å². The Bertz CT molecular complexity index is 719. The van der Waals surface area contributed by atoms with E-state index in [1.165, 1.54) is 0 Å². The predicted molar refractivity (Wildman–Crippen MR) is 118 cm³/mol.